The van der Waals surface area contributed by atoms with Gasteiger partial charge in [0.05, 0.1) is 0 Å². The van der Waals surface area contributed by atoms with E-state index >= 15 is 0 Å². The van der Waals surface area contributed by atoms with Gasteiger partial charge >= 0.3 is 0 Å². The van der Waals surface area contributed by atoms with Crippen LogP contribution in [0.3, 0.4) is 0 Å². The first-order chi connectivity index (χ1) is 5.35. The molecule has 0 rings (SSSR count). The minimum absolute atomic E-state index is 1.14. The van der Waals surface area contributed by atoms with Crippen LogP contribution in [0.1, 0.15) is 40.0 Å². The lowest BCUT2D eigenvalue weighted by molar-refractivity contribution is 0.385. The molecule has 0 saturated heterocycles. The molecule has 0 radical (unpaired) electrons. The minimum Gasteiger partial charge on any atom is -0.378 e. The van der Waals surface area contributed by atoms with E-state index in [1.807, 2.05) is 0 Å². The Balaban J connectivity index is 3.48. The average molecular weight is 155 g/mol. The molecule has 0 atom stereocenters. The topological polar surface area (TPSA) is 3.24 Å². The van der Waals surface area contributed by atoms with Gasteiger partial charge in [-0.15, -0.1) is 0 Å². The molecule has 1 nitrogen and oxygen atoms in total. The van der Waals surface area contributed by atoms with Crippen LogP contribution in [0.4, 0.5) is 0 Å². The third kappa shape index (κ3) is 5.96. The first-order valence-corrected chi connectivity index (χ1v) is 4.75. The van der Waals surface area contributed by atoms with E-state index in [0.717, 1.165) is 13.0 Å². The molecule has 0 aromatic heterocycles. The van der Waals surface area contributed by atoms with Crippen LogP contribution in [0.25, 0.3) is 0 Å². The normalized spacial score (nSPS) is 10.8. The Morgan fingerprint density at radius 1 is 1.18 bits per heavy atom. The molecule has 66 valence electrons. The smallest absolute Gasteiger partial charge is 0.0172 e. The Bertz CT molecular complexity index is 97.0. The number of nitrogens with zero attached hydrogens (tertiary/aromatic N) is 1. The summed E-state index contributed by atoms with van der Waals surface area (Å²) in [4.78, 5) is 2.37. The minimum atomic E-state index is 1.14. The maximum Gasteiger partial charge on any atom is 0.0172 e. The summed E-state index contributed by atoms with van der Waals surface area (Å²) >= 11 is 0. The lowest BCUT2D eigenvalue weighted by Crippen LogP contribution is -2.17. The van der Waals surface area contributed by atoms with Crippen molar-refractivity contribution >= 4 is 0 Å². The zero-order chi connectivity index (χ0) is 8.53. The maximum atomic E-state index is 2.37. The first kappa shape index (κ1) is 10.5. The fourth-order valence-corrected chi connectivity index (χ4v) is 0.954. The summed E-state index contributed by atoms with van der Waals surface area (Å²) in [5.41, 5.74) is 0. The summed E-state index contributed by atoms with van der Waals surface area (Å²) < 4.78 is 0. The second kappa shape index (κ2) is 7.64. The van der Waals surface area contributed by atoms with Crippen molar-refractivity contribution in [3.63, 3.8) is 0 Å². The molecule has 0 fully saturated rings. The third-order valence-electron chi connectivity index (χ3n) is 1.76. The van der Waals surface area contributed by atoms with Gasteiger partial charge in [-0.25, -0.2) is 0 Å². The molecular weight excluding hydrogens is 134 g/mol. The number of hydrogen-bond acceptors (Lipinski definition) is 1. The Kier molecular flexibility index (Phi) is 7.33. The summed E-state index contributed by atoms with van der Waals surface area (Å²) in [5.74, 6) is 0. The van der Waals surface area contributed by atoms with Gasteiger partial charge in [-0.3, -0.25) is 0 Å². The molecule has 0 heterocycles. The van der Waals surface area contributed by atoms with E-state index in [4.69, 9.17) is 0 Å². The Labute approximate surface area is 71.1 Å². The average Bonchev–Trinajstić information content (AvgIpc) is 2.05. The fraction of sp³-hybridized carbons (Fsp3) is 0.800. The van der Waals surface area contributed by atoms with Gasteiger partial charge in [-0.05, 0) is 26.0 Å². The lowest BCUT2D eigenvalue weighted by atomic mass is 10.3. The second-order valence-electron chi connectivity index (χ2n) is 2.78. The Morgan fingerprint density at radius 3 is 2.36 bits per heavy atom. The van der Waals surface area contributed by atoms with Gasteiger partial charge in [-0.2, -0.15) is 0 Å². The lowest BCUT2D eigenvalue weighted by Gasteiger charge is -2.17. The predicted molar refractivity (Wildman–Crippen MR) is 51.6 cm³/mol. The number of allylic oxidation sites excluding steroid dienone is 1. The van der Waals surface area contributed by atoms with E-state index in [1.165, 1.54) is 19.4 Å². The fourth-order valence-electron chi connectivity index (χ4n) is 0.954. The summed E-state index contributed by atoms with van der Waals surface area (Å²) in [7, 11) is 0. The van der Waals surface area contributed by atoms with Crippen molar-refractivity contribution in [2.24, 2.45) is 0 Å². The van der Waals surface area contributed by atoms with Crippen LogP contribution in [0.15, 0.2) is 12.3 Å². The van der Waals surface area contributed by atoms with Gasteiger partial charge < -0.3 is 4.90 Å². The van der Waals surface area contributed by atoms with E-state index in [-0.39, 0.29) is 0 Å². The molecule has 0 aliphatic carbocycles. The molecule has 0 saturated carbocycles. The molecule has 11 heavy (non-hydrogen) atoms. The van der Waals surface area contributed by atoms with Crippen LogP contribution in [0.5, 0.6) is 0 Å². The van der Waals surface area contributed by atoms with Gasteiger partial charge in [0.25, 0.3) is 0 Å². The largest absolute Gasteiger partial charge is 0.378 e. The molecule has 1 heteroatoms. The molecule has 0 aromatic rings. The molecule has 0 aliphatic heterocycles. The van der Waals surface area contributed by atoms with Crippen LogP contribution in [-0.2, 0) is 0 Å². The number of unbranched alkanes of at least 4 members (excludes halogenated alkanes) is 1. The van der Waals surface area contributed by atoms with Crippen molar-refractivity contribution in [3.05, 3.63) is 12.3 Å². The molecule has 0 N–H and O–H groups in total. The van der Waals surface area contributed by atoms with Crippen LogP contribution in [0, 0.1) is 0 Å². The van der Waals surface area contributed by atoms with Gasteiger partial charge in [-0.1, -0.05) is 26.3 Å². The summed E-state index contributed by atoms with van der Waals surface area (Å²) in [5, 5.41) is 0. The monoisotopic (exact) mass is 155 g/mol. The Hall–Kier alpha value is -0.460. The molecule has 0 unspecified atom stereocenters. The van der Waals surface area contributed by atoms with Crippen molar-refractivity contribution in [2.45, 2.75) is 40.0 Å². The summed E-state index contributed by atoms with van der Waals surface area (Å²) in [6.07, 6.45) is 8.18. The van der Waals surface area contributed by atoms with Crippen LogP contribution in [0.2, 0.25) is 0 Å². The maximum absolute atomic E-state index is 2.37. The number of rotatable bonds is 6. The highest BCUT2D eigenvalue weighted by atomic mass is 15.1. The van der Waals surface area contributed by atoms with E-state index in [2.05, 4.69) is 37.9 Å². The van der Waals surface area contributed by atoms with Gasteiger partial charge in [0, 0.05) is 13.1 Å². The quantitative estimate of drug-likeness (QED) is 0.570. The molecule has 0 aromatic carbocycles. The standard InChI is InChI=1S/C10H21N/c1-4-7-9-11(6-3)10-8-5-2/h7,9H,4-6,8,10H2,1-3H3/b9-7+. The van der Waals surface area contributed by atoms with Crippen molar-refractivity contribution in [2.75, 3.05) is 13.1 Å². The van der Waals surface area contributed by atoms with Crippen molar-refractivity contribution in [3.8, 4) is 0 Å². The van der Waals surface area contributed by atoms with Crippen molar-refractivity contribution < 1.29 is 0 Å². The zero-order valence-corrected chi connectivity index (χ0v) is 8.14. The zero-order valence-electron chi connectivity index (χ0n) is 8.14. The van der Waals surface area contributed by atoms with E-state index in [0.29, 0.717) is 0 Å². The summed E-state index contributed by atoms with van der Waals surface area (Å²) in [6.45, 7) is 8.96. The predicted octanol–water partition coefficient (Wildman–Crippen LogP) is 3.03. The SMILES string of the molecule is CC/C=C/N(CC)CCCC. The van der Waals surface area contributed by atoms with Gasteiger partial charge in [0.2, 0.25) is 0 Å². The van der Waals surface area contributed by atoms with Crippen molar-refractivity contribution in [1.82, 2.24) is 4.90 Å². The second-order valence-corrected chi connectivity index (χ2v) is 2.78. The van der Waals surface area contributed by atoms with E-state index in [1.54, 1.807) is 0 Å². The molecule has 0 spiro atoms. The highest BCUT2D eigenvalue weighted by molar-refractivity contribution is 4.80. The molecular formula is C10H21N. The third-order valence-corrected chi connectivity index (χ3v) is 1.76. The van der Waals surface area contributed by atoms with E-state index in [9.17, 15) is 0 Å². The number of hydrogen-bond donors (Lipinski definition) is 0. The van der Waals surface area contributed by atoms with E-state index < -0.39 is 0 Å². The molecule has 0 bridgehead atoms. The van der Waals surface area contributed by atoms with Crippen LogP contribution < -0.4 is 0 Å². The van der Waals surface area contributed by atoms with Crippen LogP contribution >= 0.6 is 0 Å². The van der Waals surface area contributed by atoms with Gasteiger partial charge in [0.15, 0.2) is 0 Å². The highest BCUT2D eigenvalue weighted by Gasteiger charge is 1.92. The highest BCUT2D eigenvalue weighted by Crippen LogP contribution is 1.95. The van der Waals surface area contributed by atoms with Crippen molar-refractivity contribution in [1.29, 1.82) is 0 Å². The summed E-state index contributed by atoms with van der Waals surface area (Å²) in [6, 6.07) is 0. The molecule has 0 aliphatic rings. The first-order valence-electron chi connectivity index (χ1n) is 4.75. The van der Waals surface area contributed by atoms with Crippen LogP contribution in [-0.4, -0.2) is 18.0 Å². The Morgan fingerprint density at radius 2 is 1.91 bits per heavy atom. The van der Waals surface area contributed by atoms with Gasteiger partial charge in [0.1, 0.15) is 0 Å². The molecule has 0 amide bonds.